The first-order valence-electron chi connectivity index (χ1n) is 8.60. The Balaban J connectivity index is 1.70. The van der Waals surface area contributed by atoms with Crippen molar-refractivity contribution in [2.75, 3.05) is 29.9 Å². The maximum absolute atomic E-state index is 12.8. The third kappa shape index (κ3) is 5.23. The summed E-state index contributed by atoms with van der Waals surface area (Å²) < 4.78 is 0. The van der Waals surface area contributed by atoms with Crippen LogP contribution in [0.3, 0.4) is 0 Å². The van der Waals surface area contributed by atoms with Gasteiger partial charge in [0.1, 0.15) is 6.04 Å². The van der Waals surface area contributed by atoms with Crippen molar-refractivity contribution in [3.63, 3.8) is 0 Å². The van der Waals surface area contributed by atoms with Gasteiger partial charge in [-0.2, -0.15) is 11.8 Å². The molecule has 1 aromatic heterocycles. The van der Waals surface area contributed by atoms with Crippen LogP contribution < -0.4 is 10.6 Å². The molecule has 0 saturated carbocycles. The molecule has 1 aliphatic rings. The van der Waals surface area contributed by atoms with Crippen LogP contribution in [0.25, 0.3) is 0 Å². The van der Waals surface area contributed by atoms with Gasteiger partial charge in [0, 0.05) is 37.2 Å². The number of nitrogens with one attached hydrogen (secondary N) is 2. The zero-order valence-electron chi connectivity index (χ0n) is 14.4. The summed E-state index contributed by atoms with van der Waals surface area (Å²) in [5, 5.41) is 5.73. The molecule has 0 bridgehead atoms. The Morgan fingerprint density at radius 3 is 2.58 bits per heavy atom. The topological polar surface area (TPSA) is 74.3 Å². The molecule has 2 aromatic rings. The summed E-state index contributed by atoms with van der Waals surface area (Å²) in [6.07, 6.45) is 3.66. The van der Waals surface area contributed by atoms with E-state index in [1.54, 1.807) is 29.4 Å². The summed E-state index contributed by atoms with van der Waals surface area (Å²) in [6.45, 7) is 1.41. The monoisotopic (exact) mass is 370 g/mol. The van der Waals surface area contributed by atoms with Crippen LogP contribution >= 0.6 is 11.8 Å². The number of carbonyl (C=O) groups is 2. The van der Waals surface area contributed by atoms with Crippen LogP contribution in [0.5, 0.6) is 0 Å². The average Bonchev–Trinajstić information content (AvgIpc) is 2.69. The smallest absolute Gasteiger partial charge is 0.318 e. The van der Waals surface area contributed by atoms with Crippen molar-refractivity contribution in [3.8, 4) is 0 Å². The number of rotatable bonds is 5. The van der Waals surface area contributed by atoms with Gasteiger partial charge < -0.3 is 15.5 Å². The maximum Gasteiger partial charge on any atom is 0.318 e. The van der Waals surface area contributed by atoms with Gasteiger partial charge in [-0.05, 0) is 17.7 Å². The van der Waals surface area contributed by atoms with Gasteiger partial charge >= 0.3 is 6.03 Å². The van der Waals surface area contributed by atoms with Gasteiger partial charge in [-0.25, -0.2) is 4.79 Å². The second-order valence-corrected chi connectivity index (χ2v) is 7.25. The number of benzene rings is 1. The summed E-state index contributed by atoms with van der Waals surface area (Å²) in [6, 6.07) is 12.4. The van der Waals surface area contributed by atoms with Crippen LogP contribution in [0.4, 0.5) is 10.5 Å². The molecule has 3 rings (SSSR count). The lowest BCUT2D eigenvalue weighted by atomic mass is 10.1. The fourth-order valence-electron chi connectivity index (χ4n) is 2.73. The first-order valence-corrected chi connectivity index (χ1v) is 9.76. The minimum absolute atomic E-state index is 0.187. The van der Waals surface area contributed by atoms with Gasteiger partial charge in [-0.15, -0.1) is 0 Å². The van der Waals surface area contributed by atoms with E-state index < -0.39 is 6.04 Å². The Morgan fingerprint density at radius 1 is 1.12 bits per heavy atom. The summed E-state index contributed by atoms with van der Waals surface area (Å²) in [5.74, 6) is 1.61. The van der Waals surface area contributed by atoms with E-state index in [9.17, 15) is 9.59 Å². The van der Waals surface area contributed by atoms with Gasteiger partial charge in [0.05, 0.1) is 11.9 Å². The minimum atomic E-state index is -0.653. The number of aromatic nitrogens is 1. The molecule has 2 heterocycles. The number of hydrogen-bond donors (Lipinski definition) is 2. The molecule has 7 heteroatoms. The lowest BCUT2D eigenvalue weighted by Gasteiger charge is -2.28. The van der Waals surface area contributed by atoms with Crippen molar-refractivity contribution >= 4 is 29.4 Å². The van der Waals surface area contributed by atoms with E-state index in [1.807, 2.05) is 42.1 Å². The van der Waals surface area contributed by atoms with E-state index in [4.69, 9.17) is 0 Å². The van der Waals surface area contributed by atoms with Crippen LogP contribution in [0, 0.1) is 0 Å². The van der Waals surface area contributed by atoms with E-state index in [-0.39, 0.29) is 11.9 Å². The number of carbonyl (C=O) groups excluding carboxylic acids is 2. The van der Waals surface area contributed by atoms with E-state index in [1.165, 1.54) is 0 Å². The second kappa shape index (κ2) is 9.24. The standard InChI is InChI=1S/C19H22N4O2S/c24-18(21-16-7-4-8-20-14-16)17(13-15-5-2-1-3-6-15)22-19(25)23-9-11-26-12-10-23/h1-8,14,17H,9-13H2,(H,21,24)(H,22,25)/t17-/m0/s1. The molecule has 1 aliphatic heterocycles. The van der Waals surface area contributed by atoms with E-state index in [0.717, 1.165) is 17.1 Å². The Labute approximate surface area is 157 Å². The van der Waals surface area contributed by atoms with Gasteiger partial charge in [0.25, 0.3) is 0 Å². The molecule has 0 aliphatic carbocycles. The lowest BCUT2D eigenvalue weighted by molar-refractivity contribution is -0.118. The fraction of sp³-hybridized carbons (Fsp3) is 0.316. The molecule has 6 nitrogen and oxygen atoms in total. The average molecular weight is 370 g/mol. The SMILES string of the molecule is O=C(Nc1cccnc1)[C@H](Cc1ccccc1)NC(=O)N1CCSCC1. The maximum atomic E-state index is 12.8. The lowest BCUT2D eigenvalue weighted by Crippen LogP contribution is -2.52. The molecule has 0 unspecified atom stereocenters. The van der Waals surface area contributed by atoms with Gasteiger partial charge in [0.15, 0.2) is 0 Å². The number of urea groups is 1. The Kier molecular flexibility index (Phi) is 6.49. The molecule has 0 spiro atoms. The second-order valence-electron chi connectivity index (χ2n) is 6.02. The quantitative estimate of drug-likeness (QED) is 0.848. The van der Waals surface area contributed by atoms with Crippen molar-refractivity contribution in [3.05, 3.63) is 60.4 Å². The van der Waals surface area contributed by atoms with Crippen LogP contribution in [0.2, 0.25) is 0 Å². The fourth-order valence-corrected chi connectivity index (χ4v) is 3.64. The number of anilines is 1. The third-order valence-corrected chi connectivity index (χ3v) is 5.07. The largest absolute Gasteiger partial charge is 0.326 e. The Bertz CT molecular complexity index is 721. The molecule has 3 amide bonds. The number of pyridine rings is 1. The highest BCUT2D eigenvalue weighted by Crippen LogP contribution is 2.11. The summed E-state index contributed by atoms with van der Waals surface area (Å²) in [4.78, 5) is 31.1. The minimum Gasteiger partial charge on any atom is -0.326 e. The third-order valence-electron chi connectivity index (χ3n) is 4.12. The molecule has 136 valence electrons. The number of thioether (sulfide) groups is 1. The van der Waals surface area contributed by atoms with Crippen molar-refractivity contribution in [2.24, 2.45) is 0 Å². The highest BCUT2D eigenvalue weighted by Gasteiger charge is 2.25. The van der Waals surface area contributed by atoms with Crippen molar-refractivity contribution in [1.82, 2.24) is 15.2 Å². The van der Waals surface area contributed by atoms with E-state index in [2.05, 4.69) is 15.6 Å². The Morgan fingerprint density at radius 2 is 1.88 bits per heavy atom. The van der Waals surface area contributed by atoms with Gasteiger partial charge in [0.2, 0.25) is 5.91 Å². The molecular formula is C19H22N4O2S. The molecule has 2 N–H and O–H groups in total. The molecule has 26 heavy (non-hydrogen) atoms. The molecule has 1 fully saturated rings. The normalized spacial score (nSPS) is 15.2. The molecular weight excluding hydrogens is 348 g/mol. The highest BCUT2D eigenvalue weighted by atomic mass is 32.2. The molecule has 1 aromatic carbocycles. The predicted molar refractivity (Wildman–Crippen MR) is 104 cm³/mol. The van der Waals surface area contributed by atoms with E-state index >= 15 is 0 Å². The zero-order valence-corrected chi connectivity index (χ0v) is 15.2. The van der Waals surface area contributed by atoms with Gasteiger partial charge in [-0.1, -0.05) is 30.3 Å². The zero-order chi connectivity index (χ0) is 18.2. The van der Waals surface area contributed by atoms with Crippen molar-refractivity contribution in [1.29, 1.82) is 0 Å². The summed E-state index contributed by atoms with van der Waals surface area (Å²) in [7, 11) is 0. The molecule has 1 atom stereocenters. The summed E-state index contributed by atoms with van der Waals surface area (Å²) in [5.41, 5.74) is 1.60. The first-order chi connectivity index (χ1) is 12.7. The highest BCUT2D eigenvalue weighted by molar-refractivity contribution is 7.99. The molecule has 0 radical (unpaired) electrons. The van der Waals surface area contributed by atoms with E-state index in [0.29, 0.717) is 25.2 Å². The predicted octanol–water partition coefficient (Wildman–Crippen LogP) is 2.39. The Hall–Kier alpha value is -2.54. The van der Waals surface area contributed by atoms with Crippen LogP contribution in [0.1, 0.15) is 5.56 Å². The van der Waals surface area contributed by atoms with Crippen molar-refractivity contribution < 1.29 is 9.59 Å². The number of amides is 3. The van der Waals surface area contributed by atoms with Crippen LogP contribution in [-0.4, -0.2) is 52.5 Å². The summed E-state index contributed by atoms with van der Waals surface area (Å²) >= 11 is 1.84. The number of hydrogen-bond acceptors (Lipinski definition) is 4. The molecule has 1 saturated heterocycles. The number of nitrogens with zero attached hydrogens (tertiary/aromatic N) is 2. The van der Waals surface area contributed by atoms with Crippen LogP contribution in [0.15, 0.2) is 54.9 Å². The van der Waals surface area contributed by atoms with Crippen LogP contribution in [-0.2, 0) is 11.2 Å². The van der Waals surface area contributed by atoms with Gasteiger partial charge in [-0.3, -0.25) is 9.78 Å². The van der Waals surface area contributed by atoms with Crippen molar-refractivity contribution in [2.45, 2.75) is 12.5 Å². The first kappa shape index (κ1) is 18.3.